The highest BCUT2D eigenvalue weighted by Crippen LogP contribution is 2.12. The van der Waals surface area contributed by atoms with E-state index in [4.69, 9.17) is 4.74 Å². The van der Waals surface area contributed by atoms with Crippen LogP contribution in [0.4, 0.5) is 0 Å². The molecule has 0 aromatic carbocycles. The van der Waals surface area contributed by atoms with E-state index in [1.54, 1.807) is 24.0 Å². The van der Waals surface area contributed by atoms with E-state index in [9.17, 15) is 4.79 Å². The van der Waals surface area contributed by atoms with Crippen LogP contribution in [-0.2, 0) is 9.53 Å². The first-order valence-electron chi connectivity index (χ1n) is 3.46. The lowest BCUT2D eigenvalue weighted by Crippen LogP contribution is -2.12. The molecule has 1 aromatic rings. The molecule has 0 bridgehead atoms. The molecule has 0 radical (unpaired) electrons. The Morgan fingerprint density at radius 1 is 1.83 bits per heavy atom. The molecule has 4 nitrogen and oxygen atoms in total. The first-order valence-corrected chi connectivity index (χ1v) is 4.26. The molecule has 0 aliphatic heterocycles. The largest absolute Gasteiger partial charge is 0.440 e. The monoisotopic (exact) mass is 232 g/mol. The summed E-state index contributed by atoms with van der Waals surface area (Å²) in [5.74, 6) is -0.311. The van der Waals surface area contributed by atoms with Crippen LogP contribution in [0.1, 0.15) is 20.1 Å². The van der Waals surface area contributed by atoms with Crippen molar-refractivity contribution in [3.05, 3.63) is 16.9 Å². The summed E-state index contributed by atoms with van der Waals surface area (Å²) in [7, 11) is 0. The Bertz CT molecular complexity index is 285. The van der Waals surface area contributed by atoms with Crippen LogP contribution in [0.3, 0.4) is 0 Å². The van der Waals surface area contributed by atoms with Crippen molar-refractivity contribution in [1.82, 2.24) is 9.78 Å². The Hall–Kier alpha value is -0.840. The third-order valence-corrected chi connectivity index (χ3v) is 1.69. The van der Waals surface area contributed by atoms with E-state index < -0.39 is 0 Å². The van der Waals surface area contributed by atoms with E-state index in [0.29, 0.717) is 0 Å². The lowest BCUT2D eigenvalue weighted by Gasteiger charge is -2.11. The van der Waals surface area contributed by atoms with Gasteiger partial charge in [0, 0.05) is 13.1 Å². The second kappa shape index (κ2) is 3.71. The number of rotatable bonds is 2. The van der Waals surface area contributed by atoms with Crippen molar-refractivity contribution in [3.8, 4) is 0 Å². The number of aromatic nitrogens is 2. The topological polar surface area (TPSA) is 44.1 Å². The minimum Gasteiger partial charge on any atom is -0.440 e. The summed E-state index contributed by atoms with van der Waals surface area (Å²) in [5.41, 5.74) is 0. The number of nitrogens with zero attached hydrogens (tertiary/aromatic N) is 2. The van der Waals surface area contributed by atoms with Gasteiger partial charge < -0.3 is 4.74 Å². The molecule has 1 aromatic heterocycles. The fourth-order valence-electron chi connectivity index (χ4n) is 0.808. The van der Waals surface area contributed by atoms with Gasteiger partial charge >= 0.3 is 5.97 Å². The number of ether oxygens (including phenoxy) is 1. The molecule has 1 rings (SSSR count). The summed E-state index contributed by atoms with van der Waals surface area (Å²) in [6.07, 6.45) is 3.03. The van der Waals surface area contributed by atoms with E-state index in [1.165, 1.54) is 6.92 Å². The molecule has 1 atom stereocenters. The Labute approximate surface area is 78.6 Å². The minimum atomic E-state index is -0.353. The molecule has 0 aliphatic rings. The number of hydrogen-bond acceptors (Lipinski definition) is 3. The van der Waals surface area contributed by atoms with Crippen LogP contribution in [-0.4, -0.2) is 15.7 Å². The fourth-order valence-corrected chi connectivity index (χ4v) is 1.11. The summed E-state index contributed by atoms with van der Waals surface area (Å²) in [5, 5.41) is 3.96. The van der Waals surface area contributed by atoms with Crippen molar-refractivity contribution in [2.24, 2.45) is 0 Å². The molecule has 0 fully saturated rings. The molecule has 66 valence electrons. The van der Waals surface area contributed by atoms with Gasteiger partial charge in [0.05, 0.1) is 10.7 Å². The zero-order chi connectivity index (χ0) is 9.14. The van der Waals surface area contributed by atoms with E-state index in [1.807, 2.05) is 0 Å². The van der Waals surface area contributed by atoms with Gasteiger partial charge in [-0.15, -0.1) is 0 Å². The summed E-state index contributed by atoms with van der Waals surface area (Å²) in [4.78, 5) is 10.6. The lowest BCUT2D eigenvalue weighted by molar-refractivity contribution is -0.150. The van der Waals surface area contributed by atoms with Gasteiger partial charge in [-0.3, -0.25) is 4.79 Å². The SMILES string of the molecule is CC(=O)OC(C)n1cc(Br)cn1. The highest BCUT2D eigenvalue weighted by atomic mass is 79.9. The summed E-state index contributed by atoms with van der Waals surface area (Å²) >= 11 is 3.24. The molecule has 0 aliphatic carbocycles. The van der Waals surface area contributed by atoms with E-state index >= 15 is 0 Å². The van der Waals surface area contributed by atoms with Crippen LogP contribution < -0.4 is 0 Å². The average Bonchev–Trinajstić information content (AvgIpc) is 2.34. The van der Waals surface area contributed by atoms with Gasteiger partial charge in [-0.1, -0.05) is 0 Å². The predicted molar refractivity (Wildman–Crippen MR) is 46.4 cm³/mol. The van der Waals surface area contributed by atoms with Gasteiger partial charge in [0.15, 0.2) is 6.23 Å². The van der Waals surface area contributed by atoms with Gasteiger partial charge in [-0.2, -0.15) is 5.10 Å². The van der Waals surface area contributed by atoms with Gasteiger partial charge in [0.1, 0.15) is 0 Å². The Kier molecular flexibility index (Phi) is 2.86. The van der Waals surface area contributed by atoms with Gasteiger partial charge in [0.25, 0.3) is 0 Å². The molecule has 0 saturated heterocycles. The van der Waals surface area contributed by atoms with Crippen molar-refractivity contribution in [2.75, 3.05) is 0 Å². The van der Waals surface area contributed by atoms with Crippen LogP contribution in [0.15, 0.2) is 16.9 Å². The molecule has 1 heterocycles. The Morgan fingerprint density at radius 2 is 2.50 bits per heavy atom. The zero-order valence-electron chi connectivity index (χ0n) is 6.82. The van der Waals surface area contributed by atoms with Crippen molar-refractivity contribution < 1.29 is 9.53 Å². The molecule has 0 spiro atoms. The van der Waals surface area contributed by atoms with E-state index in [0.717, 1.165) is 4.47 Å². The fraction of sp³-hybridized carbons (Fsp3) is 0.429. The maximum absolute atomic E-state index is 10.6. The average molecular weight is 233 g/mol. The predicted octanol–water partition coefficient (Wildman–Crippen LogP) is 1.73. The summed E-state index contributed by atoms with van der Waals surface area (Å²) < 4.78 is 7.31. The van der Waals surface area contributed by atoms with Gasteiger partial charge in [-0.25, -0.2) is 4.68 Å². The maximum atomic E-state index is 10.6. The molecule has 0 N–H and O–H groups in total. The van der Waals surface area contributed by atoms with E-state index in [-0.39, 0.29) is 12.2 Å². The zero-order valence-corrected chi connectivity index (χ0v) is 8.41. The van der Waals surface area contributed by atoms with Crippen molar-refractivity contribution in [2.45, 2.75) is 20.1 Å². The van der Waals surface area contributed by atoms with Crippen LogP contribution in [0.5, 0.6) is 0 Å². The number of carbonyl (C=O) groups excluding carboxylic acids is 1. The summed E-state index contributed by atoms with van der Waals surface area (Å²) in [6, 6.07) is 0. The van der Waals surface area contributed by atoms with E-state index in [2.05, 4.69) is 21.0 Å². The maximum Gasteiger partial charge on any atom is 0.304 e. The quantitative estimate of drug-likeness (QED) is 0.730. The minimum absolute atomic E-state index is 0.311. The van der Waals surface area contributed by atoms with Crippen molar-refractivity contribution >= 4 is 21.9 Å². The van der Waals surface area contributed by atoms with Crippen LogP contribution in [0.2, 0.25) is 0 Å². The summed E-state index contributed by atoms with van der Waals surface area (Å²) in [6.45, 7) is 3.12. The second-order valence-electron chi connectivity index (χ2n) is 2.35. The number of carbonyl (C=O) groups is 1. The molecule has 12 heavy (non-hydrogen) atoms. The van der Waals surface area contributed by atoms with Crippen molar-refractivity contribution in [3.63, 3.8) is 0 Å². The van der Waals surface area contributed by atoms with Crippen LogP contribution in [0.25, 0.3) is 0 Å². The number of halogens is 1. The molecule has 0 saturated carbocycles. The molecular formula is C7H9BrN2O2. The standard InChI is InChI=1S/C7H9BrN2O2/c1-5(12-6(2)11)10-4-7(8)3-9-10/h3-5H,1-2H3. The highest BCUT2D eigenvalue weighted by molar-refractivity contribution is 9.10. The highest BCUT2D eigenvalue weighted by Gasteiger charge is 2.07. The third kappa shape index (κ3) is 2.34. The lowest BCUT2D eigenvalue weighted by atomic mass is 10.6. The molecule has 0 amide bonds. The first-order chi connectivity index (χ1) is 5.59. The number of esters is 1. The van der Waals surface area contributed by atoms with Crippen LogP contribution >= 0.6 is 15.9 Å². The van der Waals surface area contributed by atoms with Crippen molar-refractivity contribution in [1.29, 1.82) is 0 Å². The third-order valence-electron chi connectivity index (χ3n) is 1.28. The first kappa shape index (κ1) is 9.25. The Balaban J connectivity index is 2.64. The molecule has 5 heteroatoms. The smallest absolute Gasteiger partial charge is 0.304 e. The van der Waals surface area contributed by atoms with Crippen LogP contribution in [0, 0.1) is 0 Å². The second-order valence-corrected chi connectivity index (χ2v) is 3.26. The molecular weight excluding hydrogens is 224 g/mol. The normalized spacial score (nSPS) is 12.6. The van der Waals surface area contributed by atoms with Gasteiger partial charge in [-0.05, 0) is 22.9 Å². The van der Waals surface area contributed by atoms with Gasteiger partial charge in [0.2, 0.25) is 0 Å². The molecule has 1 unspecified atom stereocenters. The number of hydrogen-bond donors (Lipinski definition) is 0. The Morgan fingerprint density at radius 3 is 2.92 bits per heavy atom.